The summed E-state index contributed by atoms with van der Waals surface area (Å²) < 4.78 is 1.05. The fourth-order valence-corrected chi connectivity index (χ4v) is 2.38. The second-order valence-electron chi connectivity index (χ2n) is 4.00. The molecule has 9 heteroatoms. The van der Waals surface area contributed by atoms with E-state index in [9.17, 15) is 9.59 Å². The van der Waals surface area contributed by atoms with Crippen molar-refractivity contribution in [3.63, 3.8) is 0 Å². The SMILES string of the molecule is Cn1nc(C(=O)NNc2c(Cl)cc(Cl)cc2Cl)ccc1=O. The molecule has 0 saturated carbocycles. The van der Waals surface area contributed by atoms with E-state index in [0.717, 1.165) is 4.68 Å². The van der Waals surface area contributed by atoms with Crippen LogP contribution in [0.15, 0.2) is 29.1 Å². The second-order valence-corrected chi connectivity index (χ2v) is 5.25. The minimum atomic E-state index is -0.548. The fourth-order valence-electron chi connectivity index (χ4n) is 1.47. The summed E-state index contributed by atoms with van der Waals surface area (Å²) in [7, 11) is 1.44. The van der Waals surface area contributed by atoms with Crippen LogP contribution in [0.25, 0.3) is 0 Å². The Morgan fingerprint density at radius 3 is 2.38 bits per heavy atom. The molecule has 0 unspecified atom stereocenters. The molecule has 2 rings (SSSR count). The third-order valence-corrected chi connectivity index (χ3v) is 3.32. The van der Waals surface area contributed by atoms with Gasteiger partial charge in [0.1, 0.15) is 0 Å². The average molecular weight is 348 g/mol. The van der Waals surface area contributed by atoms with E-state index in [2.05, 4.69) is 16.0 Å². The Balaban J connectivity index is 2.14. The Morgan fingerprint density at radius 1 is 1.19 bits per heavy atom. The van der Waals surface area contributed by atoms with E-state index >= 15 is 0 Å². The lowest BCUT2D eigenvalue weighted by Crippen LogP contribution is -2.32. The van der Waals surface area contributed by atoms with Gasteiger partial charge in [0.2, 0.25) is 0 Å². The van der Waals surface area contributed by atoms with Crippen molar-refractivity contribution in [3.8, 4) is 0 Å². The van der Waals surface area contributed by atoms with E-state index in [1.807, 2.05) is 0 Å². The molecule has 1 amide bonds. The molecule has 1 aromatic heterocycles. The van der Waals surface area contributed by atoms with Gasteiger partial charge in [-0.1, -0.05) is 34.8 Å². The molecule has 2 N–H and O–H groups in total. The Bertz CT molecular complexity index is 737. The van der Waals surface area contributed by atoms with Crippen LogP contribution >= 0.6 is 34.8 Å². The van der Waals surface area contributed by atoms with E-state index in [1.165, 1.54) is 31.3 Å². The first-order valence-corrected chi connectivity index (χ1v) is 6.77. The van der Waals surface area contributed by atoms with Crippen LogP contribution < -0.4 is 16.4 Å². The third kappa shape index (κ3) is 3.66. The van der Waals surface area contributed by atoms with E-state index in [1.54, 1.807) is 0 Å². The van der Waals surface area contributed by atoms with Crippen LogP contribution in [0.2, 0.25) is 15.1 Å². The first-order valence-electron chi connectivity index (χ1n) is 5.64. The number of hydrogen-bond acceptors (Lipinski definition) is 4. The van der Waals surface area contributed by atoms with Crippen LogP contribution in [0.4, 0.5) is 5.69 Å². The first-order chi connectivity index (χ1) is 9.88. The summed E-state index contributed by atoms with van der Waals surface area (Å²) in [6.45, 7) is 0. The summed E-state index contributed by atoms with van der Waals surface area (Å²) in [5.74, 6) is -0.548. The van der Waals surface area contributed by atoms with Crippen LogP contribution in [0, 0.1) is 0 Å². The minimum Gasteiger partial charge on any atom is -0.295 e. The molecule has 0 bridgehead atoms. The van der Waals surface area contributed by atoms with Crippen molar-refractivity contribution in [2.45, 2.75) is 0 Å². The molecule has 6 nitrogen and oxygen atoms in total. The van der Waals surface area contributed by atoms with Gasteiger partial charge >= 0.3 is 0 Å². The number of amides is 1. The van der Waals surface area contributed by atoms with Crippen LogP contribution in [-0.4, -0.2) is 15.7 Å². The van der Waals surface area contributed by atoms with Crippen molar-refractivity contribution in [1.82, 2.24) is 15.2 Å². The number of carbonyl (C=O) groups excluding carboxylic acids is 1. The van der Waals surface area contributed by atoms with Gasteiger partial charge in [-0.05, 0) is 18.2 Å². The van der Waals surface area contributed by atoms with Gasteiger partial charge in [0.25, 0.3) is 11.5 Å². The number of rotatable bonds is 3. The maximum Gasteiger partial charge on any atom is 0.290 e. The quantitative estimate of drug-likeness (QED) is 0.837. The standard InChI is InChI=1S/C12H9Cl3N4O2/c1-19-10(20)3-2-9(18-19)12(21)17-16-11-7(14)4-6(13)5-8(11)15/h2-5,16H,1H3,(H,17,21). The summed E-state index contributed by atoms with van der Waals surface area (Å²) in [5, 5.41) is 4.69. The predicted octanol–water partition coefficient (Wildman–Crippen LogP) is 2.50. The normalized spacial score (nSPS) is 10.3. The highest BCUT2D eigenvalue weighted by atomic mass is 35.5. The number of nitrogens with one attached hydrogen (secondary N) is 2. The van der Waals surface area contributed by atoms with E-state index in [0.29, 0.717) is 10.7 Å². The van der Waals surface area contributed by atoms with Crippen molar-refractivity contribution in [1.29, 1.82) is 0 Å². The molecule has 0 aliphatic rings. The van der Waals surface area contributed by atoms with Gasteiger partial charge in [-0.25, -0.2) is 4.68 Å². The Morgan fingerprint density at radius 2 is 1.81 bits per heavy atom. The van der Waals surface area contributed by atoms with E-state index in [4.69, 9.17) is 34.8 Å². The number of benzene rings is 1. The lowest BCUT2D eigenvalue weighted by Gasteiger charge is -2.12. The van der Waals surface area contributed by atoms with Crippen molar-refractivity contribution < 1.29 is 4.79 Å². The molecule has 0 atom stereocenters. The molecule has 0 aliphatic heterocycles. The fraction of sp³-hybridized carbons (Fsp3) is 0.0833. The topological polar surface area (TPSA) is 76.0 Å². The Hall–Kier alpha value is -1.76. The maximum atomic E-state index is 11.9. The average Bonchev–Trinajstić information content (AvgIpc) is 2.40. The van der Waals surface area contributed by atoms with Crippen LogP contribution in [0.1, 0.15) is 10.5 Å². The molecule has 0 radical (unpaired) electrons. The Labute approximate surface area is 134 Å². The van der Waals surface area contributed by atoms with Crippen LogP contribution in [0.5, 0.6) is 0 Å². The smallest absolute Gasteiger partial charge is 0.290 e. The highest BCUT2D eigenvalue weighted by molar-refractivity contribution is 6.41. The van der Waals surface area contributed by atoms with Gasteiger partial charge in [0, 0.05) is 18.1 Å². The number of carbonyl (C=O) groups is 1. The predicted molar refractivity (Wildman–Crippen MR) is 82.0 cm³/mol. The van der Waals surface area contributed by atoms with Crippen LogP contribution in [0.3, 0.4) is 0 Å². The minimum absolute atomic E-state index is 0.0609. The molecule has 110 valence electrons. The number of hydrogen-bond donors (Lipinski definition) is 2. The molecule has 0 spiro atoms. The summed E-state index contributed by atoms with van der Waals surface area (Å²) in [6, 6.07) is 5.51. The molecular weight excluding hydrogens is 339 g/mol. The maximum absolute atomic E-state index is 11.9. The van der Waals surface area contributed by atoms with Gasteiger partial charge in [-0.15, -0.1) is 0 Å². The van der Waals surface area contributed by atoms with Gasteiger partial charge in [-0.2, -0.15) is 5.10 Å². The number of hydrazine groups is 1. The molecular formula is C12H9Cl3N4O2. The van der Waals surface area contributed by atoms with Crippen molar-refractivity contribution in [2.24, 2.45) is 7.05 Å². The molecule has 2 aromatic rings. The van der Waals surface area contributed by atoms with Gasteiger partial charge < -0.3 is 0 Å². The molecule has 0 fully saturated rings. The summed E-state index contributed by atoms with van der Waals surface area (Å²) >= 11 is 17.7. The number of halogens is 3. The van der Waals surface area contributed by atoms with E-state index < -0.39 is 5.91 Å². The second kappa shape index (κ2) is 6.34. The lowest BCUT2D eigenvalue weighted by atomic mass is 10.3. The molecule has 1 aromatic carbocycles. The largest absolute Gasteiger partial charge is 0.295 e. The zero-order valence-corrected chi connectivity index (χ0v) is 12.9. The molecule has 0 saturated heterocycles. The molecule has 1 heterocycles. The van der Waals surface area contributed by atoms with E-state index in [-0.39, 0.29) is 21.3 Å². The zero-order valence-electron chi connectivity index (χ0n) is 10.7. The monoisotopic (exact) mass is 346 g/mol. The van der Waals surface area contributed by atoms with Crippen LogP contribution in [-0.2, 0) is 7.05 Å². The van der Waals surface area contributed by atoms with Gasteiger partial charge in [0.05, 0.1) is 15.7 Å². The Kier molecular flexibility index (Phi) is 4.72. The summed E-state index contributed by atoms with van der Waals surface area (Å²) in [4.78, 5) is 23.1. The third-order valence-electron chi connectivity index (χ3n) is 2.50. The molecule has 21 heavy (non-hydrogen) atoms. The highest BCUT2D eigenvalue weighted by Gasteiger charge is 2.11. The molecule has 0 aliphatic carbocycles. The zero-order chi connectivity index (χ0) is 15.6. The lowest BCUT2D eigenvalue weighted by molar-refractivity contribution is 0.0955. The van der Waals surface area contributed by atoms with Crippen molar-refractivity contribution in [3.05, 3.63) is 55.4 Å². The number of nitrogens with zero attached hydrogens (tertiary/aromatic N) is 2. The van der Waals surface area contributed by atoms with Crippen molar-refractivity contribution >= 4 is 46.4 Å². The van der Waals surface area contributed by atoms with Crippen molar-refractivity contribution in [2.75, 3.05) is 5.43 Å². The van der Waals surface area contributed by atoms with Gasteiger partial charge in [-0.3, -0.25) is 20.4 Å². The number of aromatic nitrogens is 2. The van der Waals surface area contributed by atoms with Gasteiger partial charge in [0.15, 0.2) is 5.69 Å². The first kappa shape index (κ1) is 15.6. The summed E-state index contributed by atoms with van der Waals surface area (Å²) in [5.41, 5.74) is 5.03. The number of anilines is 1. The highest BCUT2D eigenvalue weighted by Crippen LogP contribution is 2.33. The summed E-state index contributed by atoms with van der Waals surface area (Å²) in [6.07, 6.45) is 0. The number of aryl methyl sites for hydroxylation is 1.